The fraction of sp³-hybridized carbons (Fsp3) is 0.611. The van der Waals surface area contributed by atoms with Crippen molar-refractivity contribution >= 4 is 15.7 Å². The summed E-state index contributed by atoms with van der Waals surface area (Å²) in [6.07, 6.45) is 4.10. The van der Waals surface area contributed by atoms with Gasteiger partial charge in [0.05, 0.1) is 10.7 Å². The van der Waals surface area contributed by atoms with Crippen LogP contribution in [-0.4, -0.2) is 75.2 Å². The summed E-state index contributed by atoms with van der Waals surface area (Å²) in [5.74, 6) is -0.290. The Bertz CT molecular complexity index is 599. The Labute approximate surface area is 152 Å². The second-order valence-electron chi connectivity index (χ2n) is 5.81. The normalized spacial score (nSPS) is 21.6. The van der Waals surface area contributed by atoms with E-state index in [4.69, 9.17) is 0 Å². The summed E-state index contributed by atoms with van der Waals surface area (Å²) < 4.78 is 24.4. The molecule has 2 aliphatic rings. The zero-order valence-electron chi connectivity index (χ0n) is 15.4. The van der Waals surface area contributed by atoms with Crippen LogP contribution in [0.2, 0.25) is 0 Å². The van der Waals surface area contributed by atoms with Gasteiger partial charge in [0.25, 0.3) is 0 Å². The Kier molecular flexibility index (Phi) is 9.10. The minimum absolute atomic E-state index is 0.00477. The molecule has 6 nitrogen and oxygen atoms in total. The van der Waals surface area contributed by atoms with E-state index in [1.54, 1.807) is 4.90 Å². The van der Waals surface area contributed by atoms with Gasteiger partial charge in [-0.1, -0.05) is 39.2 Å². The molecule has 0 spiro atoms. The Morgan fingerprint density at radius 2 is 1.96 bits per heavy atom. The molecule has 1 amide bonds. The number of carbonyl (C=O) groups is 1. The van der Waals surface area contributed by atoms with Crippen molar-refractivity contribution in [3.8, 4) is 0 Å². The number of allylic oxidation sites excluding steroid dienone is 3. The number of nitrogens with one attached hydrogen (secondary N) is 1. The SMILES string of the molecule is C=C/C=C(\C=C)S(=O)(=O)CCC(=O)N1CCN2CCNCC2C1.CC. The van der Waals surface area contributed by atoms with E-state index in [1.165, 1.54) is 18.2 Å². The van der Waals surface area contributed by atoms with Crippen molar-refractivity contribution in [2.75, 3.05) is 45.0 Å². The second kappa shape index (κ2) is 10.5. The summed E-state index contributed by atoms with van der Waals surface area (Å²) in [6, 6.07) is 0.336. The van der Waals surface area contributed by atoms with Crippen molar-refractivity contribution in [2.45, 2.75) is 26.3 Å². The molecule has 1 unspecified atom stereocenters. The molecule has 7 heteroatoms. The molecule has 2 saturated heterocycles. The van der Waals surface area contributed by atoms with E-state index in [0.29, 0.717) is 19.1 Å². The highest BCUT2D eigenvalue weighted by molar-refractivity contribution is 7.95. The molecule has 0 aromatic heterocycles. The number of hydrogen-bond acceptors (Lipinski definition) is 5. The maximum Gasteiger partial charge on any atom is 0.223 e. The van der Waals surface area contributed by atoms with Crippen LogP contribution >= 0.6 is 0 Å². The van der Waals surface area contributed by atoms with E-state index in [1.807, 2.05) is 13.8 Å². The van der Waals surface area contributed by atoms with Gasteiger partial charge >= 0.3 is 0 Å². The maximum absolute atomic E-state index is 12.3. The van der Waals surface area contributed by atoms with Gasteiger partial charge in [0.1, 0.15) is 0 Å². The molecule has 0 radical (unpaired) electrons. The topological polar surface area (TPSA) is 69.7 Å². The molecule has 0 aromatic rings. The maximum atomic E-state index is 12.3. The van der Waals surface area contributed by atoms with Gasteiger partial charge in [0.15, 0.2) is 9.84 Å². The molecule has 1 N–H and O–H groups in total. The molecule has 2 fully saturated rings. The van der Waals surface area contributed by atoms with Crippen molar-refractivity contribution in [3.63, 3.8) is 0 Å². The molecule has 0 bridgehead atoms. The quantitative estimate of drug-likeness (QED) is 0.712. The van der Waals surface area contributed by atoms with E-state index < -0.39 is 9.84 Å². The van der Waals surface area contributed by atoms with E-state index in [0.717, 1.165) is 26.2 Å². The average Bonchev–Trinajstić information content (AvgIpc) is 2.65. The number of sulfone groups is 1. The third kappa shape index (κ3) is 6.09. The molecule has 0 aliphatic carbocycles. The number of hydrogen-bond donors (Lipinski definition) is 1. The highest BCUT2D eigenvalue weighted by atomic mass is 32.2. The molecule has 25 heavy (non-hydrogen) atoms. The lowest BCUT2D eigenvalue weighted by Gasteiger charge is -2.44. The number of carbonyl (C=O) groups excluding carboxylic acids is 1. The largest absolute Gasteiger partial charge is 0.340 e. The molecule has 0 saturated carbocycles. The highest BCUT2D eigenvalue weighted by Crippen LogP contribution is 2.15. The summed E-state index contributed by atoms with van der Waals surface area (Å²) in [5, 5.41) is 3.33. The lowest BCUT2D eigenvalue weighted by molar-refractivity contribution is -0.134. The summed E-state index contributed by atoms with van der Waals surface area (Å²) in [4.78, 5) is 16.6. The molecule has 2 rings (SSSR count). The smallest absolute Gasteiger partial charge is 0.223 e. The predicted octanol–water partition coefficient (Wildman–Crippen LogP) is 1.19. The van der Waals surface area contributed by atoms with Crippen LogP contribution in [0.3, 0.4) is 0 Å². The van der Waals surface area contributed by atoms with Gasteiger partial charge in [0.2, 0.25) is 5.91 Å². The van der Waals surface area contributed by atoms with E-state index >= 15 is 0 Å². The fourth-order valence-electron chi connectivity index (χ4n) is 3.01. The van der Waals surface area contributed by atoms with Gasteiger partial charge in [-0.15, -0.1) is 0 Å². The van der Waals surface area contributed by atoms with Crippen LogP contribution in [0.25, 0.3) is 0 Å². The first-order valence-corrected chi connectivity index (χ1v) is 10.5. The second-order valence-corrected chi connectivity index (χ2v) is 7.92. The van der Waals surface area contributed by atoms with E-state index in [9.17, 15) is 13.2 Å². The monoisotopic (exact) mass is 369 g/mol. The van der Waals surface area contributed by atoms with Crippen LogP contribution in [0.5, 0.6) is 0 Å². The predicted molar refractivity (Wildman–Crippen MR) is 103 cm³/mol. The van der Waals surface area contributed by atoms with E-state index in [2.05, 4.69) is 23.4 Å². The van der Waals surface area contributed by atoms with Crippen LogP contribution in [0.4, 0.5) is 0 Å². The number of piperazine rings is 2. The third-order valence-electron chi connectivity index (χ3n) is 4.34. The van der Waals surface area contributed by atoms with Gasteiger partial charge in [-0.3, -0.25) is 9.69 Å². The Morgan fingerprint density at radius 1 is 1.24 bits per heavy atom. The van der Waals surface area contributed by atoms with E-state index in [-0.39, 0.29) is 23.0 Å². The summed E-state index contributed by atoms with van der Waals surface area (Å²) in [7, 11) is -3.49. The standard InChI is InChI=1S/C16H25N3O3S.C2H6/c1-3-5-15(4-2)23(21,22)11-6-16(20)19-10-9-18-8-7-17-12-14(18)13-19;1-2/h3-5,14,17H,1-2,6-13H2;1-2H3/b15-5+;. The number of rotatable bonds is 6. The van der Waals surface area contributed by atoms with Gasteiger partial charge in [0, 0.05) is 51.7 Å². The van der Waals surface area contributed by atoms with Crippen molar-refractivity contribution in [1.29, 1.82) is 0 Å². The Hall–Kier alpha value is -1.44. The van der Waals surface area contributed by atoms with Gasteiger partial charge in [-0.25, -0.2) is 8.42 Å². The Balaban J connectivity index is 0.00000151. The lowest BCUT2D eigenvalue weighted by atomic mass is 10.1. The minimum atomic E-state index is -3.49. The van der Waals surface area contributed by atoms with Crippen molar-refractivity contribution in [1.82, 2.24) is 15.1 Å². The van der Waals surface area contributed by atoms with Crippen LogP contribution in [0.1, 0.15) is 20.3 Å². The van der Waals surface area contributed by atoms with Crippen molar-refractivity contribution in [2.24, 2.45) is 0 Å². The fourth-order valence-corrected chi connectivity index (χ4v) is 4.25. The molecular formula is C18H31N3O3S. The number of nitrogens with zero attached hydrogens (tertiary/aromatic N) is 2. The highest BCUT2D eigenvalue weighted by Gasteiger charge is 2.31. The molecule has 142 valence electrons. The molecule has 0 aromatic carbocycles. The van der Waals surface area contributed by atoms with Gasteiger partial charge < -0.3 is 10.2 Å². The van der Waals surface area contributed by atoms with Gasteiger partial charge in [-0.2, -0.15) is 0 Å². The zero-order valence-corrected chi connectivity index (χ0v) is 16.2. The molecule has 1 atom stereocenters. The van der Waals surface area contributed by atoms with Crippen LogP contribution < -0.4 is 5.32 Å². The Morgan fingerprint density at radius 3 is 2.60 bits per heavy atom. The average molecular weight is 370 g/mol. The summed E-state index contributed by atoms with van der Waals surface area (Å²) >= 11 is 0. The zero-order chi connectivity index (χ0) is 18.9. The number of amides is 1. The first-order valence-electron chi connectivity index (χ1n) is 8.88. The van der Waals surface area contributed by atoms with Crippen LogP contribution in [0, 0.1) is 0 Å². The minimum Gasteiger partial charge on any atom is -0.340 e. The third-order valence-corrected chi connectivity index (χ3v) is 6.10. The molecule has 2 heterocycles. The molecular weight excluding hydrogens is 338 g/mol. The number of fused-ring (bicyclic) bond motifs is 1. The summed E-state index contributed by atoms with van der Waals surface area (Å²) in [5.41, 5.74) is 0. The summed E-state index contributed by atoms with van der Waals surface area (Å²) in [6.45, 7) is 16.1. The molecule has 2 aliphatic heterocycles. The van der Waals surface area contributed by atoms with Crippen molar-refractivity contribution < 1.29 is 13.2 Å². The van der Waals surface area contributed by atoms with Crippen LogP contribution in [-0.2, 0) is 14.6 Å². The lowest BCUT2D eigenvalue weighted by Crippen LogP contribution is -2.62. The van der Waals surface area contributed by atoms with Crippen LogP contribution in [0.15, 0.2) is 36.3 Å². The van der Waals surface area contributed by atoms with Crippen molar-refractivity contribution in [3.05, 3.63) is 36.3 Å². The first-order chi connectivity index (χ1) is 12.0. The first kappa shape index (κ1) is 21.6. The van der Waals surface area contributed by atoms with Gasteiger partial charge in [-0.05, 0) is 6.08 Å².